The maximum absolute atomic E-state index is 3.80. The van der Waals surface area contributed by atoms with Crippen molar-refractivity contribution < 1.29 is 0 Å². The molecule has 0 aliphatic carbocycles. The van der Waals surface area contributed by atoms with E-state index in [1.54, 1.807) is 0 Å². The molecule has 0 aromatic carbocycles. The minimum Gasteiger partial charge on any atom is -0.366 e. The van der Waals surface area contributed by atoms with Gasteiger partial charge in [0.05, 0.1) is 9.20 Å². The Labute approximate surface area is 69.4 Å². The second-order valence-electron chi connectivity index (χ2n) is 5.16. The van der Waals surface area contributed by atoms with Gasteiger partial charge in [0.2, 0.25) is 0 Å². The molecule has 0 aliphatic rings. The van der Waals surface area contributed by atoms with Gasteiger partial charge in [-0.25, -0.2) is 0 Å². The molecule has 0 aliphatic heterocycles. The molecule has 0 heterocycles. The lowest BCUT2D eigenvalue weighted by Crippen LogP contribution is -2.52. The van der Waals surface area contributed by atoms with Gasteiger partial charge >= 0.3 is 0 Å². The normalized spacial score (nSPS) is 15.0. The van der Waals surface area contributed by atoms with Crippen LogP contribution < -0.4 is 4.65 Å². The van der Waals surface area contributed by atoms with Crippen molar-refractivity contribution in [3.8, 4) is 0 Å². The summed E-state index contributed by atoms with van der Waals surface area (Å²) >= 11 is 0. The van der Waals surface area contributed by atoms with E-state index in [0.717, 1.165) is 0 Å². The molecular formula is C6H21NSi3. The van der Waals surface area contributed by atoms with Gasteiger partial charge in [-0.2, -0.15) is 0 Å². The summed E-state index contributed by atoms with van der Waals surface area (Å²) in [6.07, 6.45) is 0. The summed E-state index contributed by atoms with van der Waals surface area (Å²) in [5, 5.41) is 0. The van der Waals surface area contributed by atoms with Gasteiger partial charge in [0.15, 0.2) is 0 Å². The van der Waals surface area contributed by atoms with Crippen molar-refractivity contribution in [2.45, 2.75) is 39.3 Å². The number of rotatable bonds is 3. The van der Waals surface area contributed by atoms with E-state index < -0.39 is 15.8 Å². The van der Waals surface area contributed by atoms with Crippen LogP contribution in [0.2, 0.25) is 39.3 Å². The van der Waals surface area contributed by atoms with Crippen molar-refractivity contribution >= 4 is 25.0 Å². The highest BCUT2D eigenvalue weighted by Gasteiger charge is 2.19. The first kappa shape index (κ1) is 10.6. The Hall–Kier alpha value is 0.611. The van der Waals surface area contributed by atoms with Gasteiger partial charge in [-0.1, -0.05) is 39.3 Å². The zero-order chi connectivity index (χ0) is 8.41. The molecule has 0 rings (SSSR count). The molecule has 0 unspecified atom stereocenters. The summed E-state index contributed by atoms with van der Waals surface area (Å²) in [5.74, 6) is 0. The number of hydrogen-bond donors (Lipinski definition) is 1. The zero-order valence-corrected chi connectivity index (χ0v) is 11.6. The van der Waals surface area contributed by atoms with E-state index in [0.29, 0.717) is 0 Å². The molecular weight excluding hydrogens is 170 g/mol. The van der Waals surface area contributed by atoms with E-state index in [1.165, 1.54) is 0 Å². The Bertz CT molecular complexity index is 86.5. The molecule has 0 atom stereocenters. The third-order valence-electron chi connectivity index (χ3n) is 1.15. The molecule has 4 heteroatoms. The summed E-state index contributed by atoms with van der Waals surface area (Å²) < 4.78 is 3.80. The molecule has 0 amide bonds. The first-order valence-electron chi connectivity index (χ1n) is 3.96. The predicted octanol–water partition coefficient (Wildman–Crippen LogP) is 1.33. The zero-order valence-electron chi connectivity index (χ0n) is 8.21. The third-order valence-corrected chi connectivity index (χ3v) is 11.9. The van der Waals surface area contributed by atoms with Gasteiger partial charge in [-0.15, -0.1) is 0 Å². The monoisotopic (exact) mass is 191 g/mol. The van der Waals surface area contributed by atoms with Crippen LogP contribution in [0.3, 0.4) is 0 Å². The largest absolute Gasteiger partial charge is 0.366 e. The molecule has 0 aromatic heterocycles. The van der Waals surface area contributed by atoms with E-state index >= 15 is 0 Å². The topological polar surface area (TPSA) is 12.0 Å². The van der Waals surface area contributed by atoms with Crippen molar-refractivity contribution in [1.82, 2.24) is 4.65 Å². The Morgan fingerprint density at radius 2 is 1.30 bits per heavy atom. The molecule has 1 nitrogen and oxygen atoms in total. The quantitative estimate of drug-likeness (QED) is 0.664. The van der Waals surface area contributed by atoms with Crippen LogP contribution in [0.1, 0.15) is 0 Å². The van der Waals surface area contributed by atoms with Crippen LogP contribution in [0.4, 0.5) is 0 Å². The summed E-state index contributed by atoms with van der Waals surface area (Å²) in [7, 11) is -1.53. The van der Waals surface area contributed by atoms with E-state index in [1.807, 2.05) is 0 Å². The van der Waals surface area contributed by atoms with Crippen molar-refractivity contribution in [2.24, 2.45) is 0 Å². The Kier molecular flexibility index (Phi) is 3.54. The Morgan fingerprint density at radius 3 is 1.40 bits per heavy atom. The second kappa shape index (κ2) is 3.34. The summed E-state index contributed by atoms with van der Waals surface area (Å²) in [4.78, 5) is 0. The molecule has 10 heavy (non-hydrogen) atoms. The van der Waals surface area contributed by atoms with Gasteiger partial charge < -0.3 is 4.65 Å². The highest BCUT2D eigenvalue weighted by atomic mass is 29.2. The molecule has 0 fully saturated rings. The van der Waals surface area contributed by atoms with Crippen molar-refractivity contribution in [2.75, 3.05) is 0 Å². The fourth-order valence-corrected chi connectivity index (χ4v) is 14.3. The lowest BCUT2D eigenvalue weighted by atomic mass is 11.8. The van der Waals surface area contributed by atoms with Crippen LogP contribution in [0, 0.1) is 0 Å². The summed E-state index contributed by atoms with van der Waals surface area (Å²) in [6.45, 7) is 14.6. The maximum atomic E-state index is 3.80. The lowest BCUT2D eigenvalue weighted by molar-refractivity contribution is 1.41. The second-order valence-corrected chi connectivity index (χ2v) is 24.0. The van der Waals surface area contributed by atoms with E-state index in [9.17, 15) is 0 Å². The predicted molar refractivity (Wildman–Crippen MR) is 58.4 cm³/mol. The fraction of sp³-hybridized carbons (Fsp3) is 1.00. The van der Waals surface area contributed by atoms with Crippen LogP contribution in [0.5, 0.6) is 0 Å². The van der Waals surface area contributed by atoms with E-state index in [2.05, 4.69) is 43.9 Å². The van der Waals surface area contributed by atoms with Crippen molar-refractivity contribution in [3.63, 3.8) is 0 Å². The molecule has 0 saturated heterocycles. The van der Waals surface area contributed by atoms with Crippen LogP contribution in [-0.2, 0) is 0 Å². The first-order chi connectivity index (χ1) is 4.21. The van der Waals surface area contributed by atoms with E-state index in [-0.39, 0.29) is 9.20 Å². The van der Waals surface area contributed by atoms with Crippen LogP contribution in [-0.4, -0.2) is 25.0 Å². The molecule has 0 aromatic rings. The molecule has 0 saturated carbocycles. The summed E-state index contributed by atoms with van der Waals surface area (Å²) in [5.41, 5.74) is 0. The standard InChI is InChI=1S/C6H21NSi3/c1-9(2,3)7-8-10(4,5)6/h7H,8H2,1-6H3. The van der Waals surface area contributed by atoms with Gasteiger partial charge in [0, 0.05) is 7.59 Å². The Morgan fingerprint density at radius 1 is 0.900 bits per heavy atom. The number of nitrogens with one attached hydrogen (secondary N) is 1. The van der Waals surface area contributed by atoms with Gasteiger partial charge in [0.25, 0.3) is 0 Å². The highest BCUT2D eigenvalue weighted by Crippen LogP contribution is 1.99. The fourth-order valence-electron chi connectivity index (χ4n) is 0.530. The average Bonchev–Trinajstić information content (AvgIpc) is 1.57. The van der Waals surface area contributed by atoms with Gasteiger partial charge in [0.1, 0.15) is 8.24 Å². The smallest absolute Gasteiger partial charge is 0.109 e. The maximum Gasteiger partial charge on any atom is 0.109 e. The molecule has 1 N–H and O–H groups in total. The lowest BCUT2D eigenvalue weighted by Gasteiger charge is -2.23. The van der Waals surface area contributed by atoms with E-state index in [4.69, 9.17) is 0 Å². The van der Waals surface area contributed by atoms with Gasteiger partial charge in [-0.05, 0) is 0 Å². The minimum atomic E-state index is -0.921. The molecule has 0 spiro atoms. The highest BCUT2D eigenvalue weighted by molar-refractivity contribution is 7.24. The molecule has 62 valence electrons. The summed E-state index contributed by atoms with van der Waals surface area (Å²) in [6, 6.07) is 0. The van der Waals surface area contributed by atoms with Crippen molar-refractivity contribution in [3.05, 3.63) is 0 Å². The Balaban J connectivity index is 3.56. The van der Waals surface area contributed by atoms with Gasteiger partial charge in [-0.3, -0.25) is 0 Å². The van der Waals surface area contributed by atoms with Crippen LogP contribution >= 0.6 is 0 Å². The minimum absolute atomic E-state index is 0.0961. The SMILES string of the molecule is C[Si](C)(C)N[SiH2][Si](C)(C)C. The van der Waals surface area contributed by atoms with Crippen molar-refractivity contribution in [1.29, 1.82) is 0 Å². The molecule has 0 bridgehead atoms. The van der Waals surface area contributed by atoms with Crippen LogP contribution in [0.15, 0.2) is 0 Å². The first-order valence-corrected chi connectivity index (χ1v) is 14.0. The number of hydrogen-bond acceptors (Lipinski definition) is 1. The molecule has 0 radical (unpaired) electrons. The average molecular weight is 191 g/mol. The van der Waals surface area contributed by atoms with Crippen LogP contribution in [0.25, 0.3) is 0 Å². The third kappa shape index (κ3) is 8.61.